The average molecular weight is 265 g/mol. The third-order valence-electron chi connectivity index (χ3n) is 2.72. The van der Waals surface area contributed by atoms with E-state index in [9.17, 15) is 0 Å². The molecule has 1 aliphatic rings. The molecule has 1 aliphatic carbocycles. The van der Waals surface area contributed by atoms with Crippen LogP contribution in [0.3, 0.4) is 0 Å². The first-order valence-electron chi connectivity index (χ1n) is 4.99. The van der Waals surface area contributed by atoms with Crippen LogP contribution in [0.15, 0.2) is 12.1 Å². The maximum Gasteiger partial charge on any atom is 0.0653 e. The molecule has 0 bridgehead atoms. The predicted octanol–water partition coefficient (Wildman–Crippen LogP) is 4.86. The van der Waals surface area contributed by atoms with Gasteiger partial charge in [0.05, 0.1) is 20.8 Å². The van der Waals surface area contributed by atoms with Crippen LogP contribution in [0.5, 0.6) is 0 Å². The molecule has 1 unspecified atom stereocenters. The largest absolute Gasteiger partial charge is 0.381 e. The van der Waals surface area contributed by atoms with Gasteiger partial charge in [0.25, 0.3) is 0 Å². The molecule has 0 amide bonds. The van der Waals surface area contributed by atoms with E-state index in [1.807, 2.05) is 0 Å². The fraction of sp³-hybridized carbons (Fsp3) is 0.455. The number of hydrogen-bond acceptors (Lipinski definition) is 1. The molecule has 1 aromatic rings. The summed E-state index contributed by atoms with van der Waals surface area (Å²) in [5.74, 6) is 0.774. The van der Waals surface area contributed by atoms with Crippen molar-refractivity contribution >= 4 is 40.5 Å². The quantitative estimate of drug-likeness (QED) is 0.769. The van der Waals surface area contributed by atoms with E-state index >= 15 is 0 Å². The van der Waals surface area contributed by atoms with Gasteiger partial charge in [0.2, 0.25) is 0 Å². The first-order chi connectivity index (χ1) is 7.08. The van der Waals surface area contributed by atoms with Crippen molar-refractivity contribution in [2.24, 2.45) is 5.92 Å². The van der Waals surface area contributed by atoms with Crippen molar-refractivity contribution in [3.8, 4) is 0 Å². The Morgan fingerprint density at radius 3 is 2.33 bits per heavy atom. The molecule has 1 nitrogen and oxygen atoms in total. The number of rotatable bonds is 3. The molecule has 0 radical (unpaired) electrons. The minimum atomic E-state index is 0.444. The van der Waals surface area contributed by atoms with E-state index in [0.29, 0.717) is 21.1 Å². The lowest BCUT2D eigenvalue weighted by Gasteiger charge is -2.16. The Morgan fingerprint density at radius 1 is 1.13 bits per heavy atom. The molecular formula is C11H12Cl3N. The minimum Gasteiger partial charge on any atom is -0.381 e. The molecule has 0 aromatic heterocycles. The van der Waals surface area contributed by atoms with Crippen molar-refractivity contribution in [2.45, 2.75) is 25.8 Å². The topological polar surface area (TPSA) is 12.0 Å². The van der Waals surface area contributed by atoms with E-state index in [0.717, 1.165) is 11.6 Å². The molecule has 0 aliphatic heterocycles. The Bertz CT molecular complexity index is 374. The summed E-state index contributed by atoms with van der Waals surface area (Å²) in [7, 11) is 0. The molecule has 0 saturated heterocycles. The smallest absolute Gasteiger partial charge is 0.0653 e. The van der Waals surface area contributed by atoms with Crippen molar-refractivity contribution in [2.75, 3.05) is 5.32 Å². The average Bonchev–Trinajstić information content (AvgIpc) is 2.97. The van der Waals surface area contributed by atoms with E-state index < -0.39 is 0 Å². The second-order valence-electron chi connectivity index (χ2n) is 4.02. The molecular weight excluding hydrogens is 252 g/mol. The molecule has 15 heavy (non-hydrogen) atoms. The number of benzene rings is 1. The molecule has 0 spiro atoms. The van der Waals surface area contributed by atoms with Gasteiger partial charge >= 0.3 is 0 Å². The Kier molecular flexibility index (Phi) is 3.34. The predicted molar refractivity (Wildman–Crippen MR) is 67.3 cm³/mol. The van der Waals surface area contributed by atoms with Crippen LogP contribution in [0.25, 0.3) is 0 Å². The Labute approximate surface area is 105 Å². The summed E-state index contributed by atoms with van der Waals surface area (Å²) in [6, 6.07) is 3.90. The number of hydrogen-bond donors (Lipinski definition) is 1. The monoisotopic (exact) mass is 263 g/mol. The Morgan fingerprint density at radius 2 is 1.73 bits per heavy atom. The van der Waals surface area contributed by atoms with Crippen molar-refractivity contribution in [3.63, 3.8) is 0 Å². The van der Waals surface area contributed by atoms with Crippen molar-refractivity contribution in [1.82, 2.24) is 0 Å². The summed E-state index contributed by atoms with van der Waals surface area (Å²) in [4.78, 5) is 0. The van der Waals surface area contributed by atoms with Crippen LogP contribution in [0.1, 0.15) is 19.8 Å². The van der Waals surface area contributed by atoms with Gasteiger partial charge in [0, 0.05) is 6.04 Å². The normalized spacial score (nSPS) is 17.6. The summed E-state index contributed by atoms with van der Waals surface area (Å²) in [5, 5.41) is 5.01. The Hall–Kier alpha value is -0.110. The zero-order chi connectivity index (χ0) is 11.0. The molecule has 1 aromatic carbocycles. The number of nitrogens with one attached hydrogen (secondary N) is 1. The van der Waals surface area contributed by atoms with Gasteiger partial charge < -0.3 is 5.32 Å². The highest BCUT2D eigenvalue weighted by Crippen LogP contribution is 2.37. The van der Waals surface area contributed by atoms with Crippen LogP contribution in [0.2, 0.25) is 15.1 Å². The molecule has 2 rings (SSSR count). The molecule has 4 heteroatoms. The molecule has 1 saturated carbocycles. The highest BCUT2D eigenvalue weighted by Gasteiger charge is 2.28. The van der Waals surface area contributed by atoms with Crippen LogP contribution in [0, 0.1) is 5.92 Å². The highest BCUT2D eigenvalue weighted by molar-refractivity contribution is 6.44. The fourth-order valence-corrected chi connectivity index (χ4v) is 2.19. The van der Waals surface area contributed by atoms with Gasteiger partial charge in [-0.15, -0.1) is 0 Å². The van der Waals surface area contributed by atoms with Crippen molar-refractivity contribution < 1.29 is 0 Å². The van der Waals surface area contributed by atoms with Crippen LogP contribution in [-0.2, 0) is 0 Å². The molecule has 0 heterocycles. The van der Waals surface area contributed by atoms with Crippen LogP contribution in [-0.4, -0.2) is 6.04 Å². The van der Waals surface area contributed by atoms with Gasteiger partial charge in [0.15, 0.2) is 0 Å². The molecule has 1 N–H and O–H groups in total. The first kappa shape index (κ1) is 11.4. The number of anilines is 1. The third-order valence-corrected chi connectivity index (χ3v) is 3.76. The van der Waals surface area contributed by atoms with E-state index in [1.54, 1.807) is 12.1 Å². The lowest BCUT2D eigenvalue weighted by atomic mass is 10.2. The van der Waals surface area contributed by atoms with Gasteiger partial charge in [-0.3, -0.25) is 0 Å². The maximum absolute atomic E-state index is 6.07. The van der Waals surface area contributed by atoms with Crippen LogP contribution < -0.4 is 5.32 Å². The lowest BCUT2D eigenvalue weighted by Crippen LogP contribution is -2.17. The SMILES string of the molecule is CC(Nc1cc(Cl)c(Cl)cc1Cl)C1CC1. The van der Waals surface area contributed by atoms with Gasteiger partial charge in [-0.25, -0.2) is 0 Å². The zero-order valence-corrected chi connectivity index (χ0v) is 10.6. The maximum atomic E-state index is 6.07. The van der Waals surface area contributed by atoms with Gasteiger partial charge in [-0.05, 0) is 37.8 Å². The van der Waals surface area contributed by atoms with Crippen LogP contribution in [0.4, 0.5) is 5.69 Å². The summed E-state index contributed by atoms with van der Waals surface area (Å²) in [6.07, 6.45) is 2.60. The van der Waals surface area contributed by atoms with Crippen LogP contribution >= 0.6 is 34.8 Å². The molecule has 1 atom stereocenters. The summed E-state index contributed by atoms with van der Waals surface area (Å²) in [5.41, 5.74) is 0.866. The van der Waals surface area contributed by atoms with E-state index in [4.69, 9.17) is 34.8 Å². The van der Waals surface area contributed by atoms with E-state index in [-0.39, 0.29) is 0 Å². The van der Waals surface area contributed by atoms with E-state index in [2.05, 4.69) is 12.2 Å². The molecule has 82 valence electrons. The number of halogens is 3. The minimum absolute atomic E-state index is 0.444. The lowest BCUT2D eigenvalue weighted by molar-refractivity contribution is 0.694. The van der Waals surface area contributed by atoms with Crippen molar-refractivity contribution in [3.05, 3.63) is 27.2 Å². The summed E-state index contributed by atoms with van der Waals surface area (Å²) in [6.45, 7) is 2.16. The zero-order valence-electron chi connectivity index (χ0n) is 8.36. The summed E-state index contributed by atoms with van der Waals surface area (Å²) < 4.78 is 0. The highest BCUT2D eigenvalue weighted by atomic mass is 35.5. The van der Waals surface area contributed by atoms with Gasteiger partial charge in [0.1, 0.15) is 0 Å². The van der Waals surface area contributed by atoms with E-state index in [1.165, 1.54) is 12.8 Å². The third kappa shape index (κ3) is 2.72. The second-order valence-corrected chi connectivity index (χ2v) is 5.24. The fourth-order valence-electron chi connectivity index (χ4n) is 1.59. The van der Waals surface area contributed by atoms with Gasteiger partial charge in [-0.1, -0.05) is 34.8 Å². The first-order valence-corrected chi connectivity index (χ1v) is 6.12. The molecule has 1 fully saturated rings. The summed E-state index contributed by atoms with van der Waals surface area (Å²) >= 11 is 17.9. The standard InChI is InChI=1S/C11H12Cl3N/c1-6(7-2-3-7)15-11-5-9(13)8(12)4-10(11)14/h4-7,15H,2-3H2,1H3. The Balaban J connectivity index is 2.16. The second kappa shape index (κ2) is 4.40. The van der Waals surface area contributed by atoms with Gasteiger partial charge in [-0.2, -0.15) is 0 Å². The van der Waals surface area contributed by atoms with Crippen molar-refractivity contribution in [1.29, 1.82) is 0 Å².